The second-order valence-electron chi connectivity index (χ2n) is 6.55. The standard InChI is InChI=1S/C18H20N4O.C2HF3O2/c1-11-14(19)18(23)17-16(21-12(2)22(17)3)15(11)20-10-9-13-7-5-4-6-8-13;3-2(4,5)1(6)7/h4-8H,9-10,19H2,1-3H3;(H,6,7). The minimum atomic E-state index is -5.08. The Kier molecular flexibility index (Phi) is 6.81. The maximum atomic E-state index is 12.4. The number of carboxylic acid groups (broad SMARTS) is 1. The van der Waals surface area contributed by atoms with Gasteiger partial charge in [-0.25, -0.2) is 9.78 Å². The van der Waals surface area contributed by atoms with Crippen LogP contribution in [-0.4, -0.2) is 44.8 Å². The van der Waals surface area contributed by atoms with E-state index in [2.05, 4.69) is 17.1 Å². The van der Waals surface area contributed by atoms with Gasteiger partial charge < -0.3 is 15.4 Å². The summed E-state index contributed by atoms with van der Waals surface area (Å²) >= 11 is 0. The molecule has 0 saturated heterocycles. The van der Waals surface area contributed by atoms with Crippen LogP contribution in [0.1, 0.15) is 34.5 Å². The summed E-state index contributed by atoms with van der Waals surface area (Å²) in [7, 11) is 1.83. The molecule has 160 valence electrons. The molecule has 0 aliphatic heterocycles. The van der Waals surface area contributed by atoms with E-state index in [-0.39, 0.29) is 11.5 Å². The van der Waals surface area contributed by atoms with E-state index in [4.69, 9.17) is 20.6 Å². The minimum absolute atomic E-state index is 0.164. The van der Waals surface area contributed by atoms with Gasteiger partial charge in [-0.15, -0.1) is 0 Å². The number of rotatable bonds is 3. The number of benzene rings is 1. The number of nitrogens with two attached hydrogens (primary N) is 1. The van der Waals surface area contributed by atoms with Crippen molar-refractivity contribution in [1.82, 2.24) is 9.55 Å². The third-order valence-electron chi connectivity index (χ3n) is 4.52. The predicted molar refractivity (Wildman–Crippen MR) is 104 cm³/mol. The summed E-state index contributed by atoms with van der Waals surface area (Å²) in [6, 6.07) is 10.2. The number of carboxylic acids is 1. The van der Waals surface area contributed by atoms with Crippen LogP contribution in [0.2, 0.25) is 0 Å². The molecule has 3 rings (SSSR count). The Balaban J connectivity index is 0.000000396. The lowest BCUT2D eigenvalue weighted by Gasteiger charge is -2.16. The van der Waals surface area contributed by atoms with Crippen molar-refractivity contribution in [3.63, 3.8) is 0 Å². The fourth-order valence-corrected chi connectivity index (χ4v) is 2.77. The highest BCUT2D eigenvalue weighted by Gasteiger charge is 2.38. The van der Waals surface area contributed by atoms with Crippen molar-refractivity contribution in [2.45, 2.75) is 26.4 Å². The van der Waals surface area contributed by atoms with E-state index in [9.17, 15) is 18.0 Å². The number of hydrogen-bond donors (Lipinski definition) is 2. The van der Waals surface area contributed by atoms with E-state index in [1.807, 2.05) is 39.1 Å². The molecule has 10 heteroatoms. The van der Waals surface area contributed by atoms with Gasteiger partial charge in [-0.05, 0) is 25.8 Å². The molecule has 7 nitrogen and oxygen atoms in total. The highest BCUT2D eigenvalue weighted by Crippen LogP contribution is 2.24. The molecule has 0 spiro atoms. The van der Waals surface area contributed by atoms with Crippen LogP contribution in [-0.2, 0) is 18.3 Å². The molecule has 1 aromatic carbocycles. The second kappa shape index (κ2) is 8.93. The van der Waals surface area contributed by atoms with Crippen molar-refractivity contribution in [3.05, 3.63) is 64.4 Å². The van der Waals surface area contributed by atoms with Crippen LogP contribution < -0.4 is 5.73 Å². The van der Waals surface area contributed by atoms with Crippen LogP contribution in [0.4, 0.5) is 13.2 Å². The summed E-state index contributed by atoms with van der Waals surface area (Å²) in [4.78, 5) is 30.5. The van der Waals surface area contributed by atoms with E-state index in [1.165, 1.54) is 5.56 Å². The number of nitrogens with zero attached hydrogens (tertiary/aromatic N) is 3. The maximum absolute atomic E-state index is 12.4. The SMILES string of the molecule is CC1=C(N)C(=O)c2c(nc(C)n2C)C1=NCCc1ccccc1.O=C(O)C(F)(F)F. The lowest BCUT2D eigenvalue weighted by atomic mass is 9.95. The van der Waals surface area contributed by atoms with Crippen LogP contribution in [0.3, 0.4) is 0 Å². The lowest BCUT2D eigenvalue weighted by Crippen LogP contribution is -2.27. The van der Waals surface area contributed by atoms with Gasteiger partial charge in [0.15, 0.2) is 0 Å². The number of aliphatic imine (C=N–C) groups is 1. The Hall–Kier alpha value is -3.43. The molecule has 30 heavy (non-hydrogen) atoms. The first kappa shape index (κ1) is 22.9. The number of allylic oxidation sites excluding steroid dienone is 2. The van der Waals surface area contributed by atoms with E-state index in [0.29, 0.717) is 23.5 Å². The first-order chi connectivity index (χ1) is 13.9. The molecule has 0 atom stereocenters. The molecule has 2 aromatic rings. The van der Waals surface area contributed by atoms with E-state index >= 15 is 0 Å². The van der Waals surface area contributed by atoms with Gasteiger partial charge >= 0.3 is 12.1 Å². The molecule has 1 aromatic heterocycles. The predicted octanol–water partition coefficient (Wildman–Crippen LogP) is 2.82. The van der Waals surface area contributed by atoms with Crippen molar-refractivity contribution < 1.29 is 27.9 Å². The number of Topliss-reactive ketones (excluding diaryl/α,β-unsaturated/α-hetero) is 1. The number of ketones is 1. The molecule has 1 aliphatic rings. The Labute approximate surface area is 170 Å². The van der Waals surface area contributed by atoms with E-state index in [0.717, 1.165) is 18.0 Å². The second-order valence-corrected chi connectivity index (χ2v) is 6.55. The Morgan fingerprint density at radius 2 is 1.80 bits per heavy atom. The molecule has 3 N–H and O–H groups in total. The van der Waals surface area contributed by atoms with Gasteiger partial charge in [0.2, 0.25) is 5.78 Å². The molecule has 0 radical (unpaired) electrons. The zero-order chi connectivity index (χ0) is 22.6. The number of hydrogen-bond acceptors (Lipinski definition) is 5. The average molecular weight is 422 g/mol. The van der Waals surface area contributed by atoms with Crippen molar-refractivity contribution in [3.8, 4) is 0 Å². The molecule has 0 amide bonds. The first-order valence-corrected chi connectivity index (χ1v) is 8.88. The quantitative estimate of drug-likeness (QED) is 0.790. The normalized spacial score (nSPS) is 15.0. The fourth-order valence-electron chi connectivity index (χ4n) is 2.77. The third kappa shape index (κ3) is 4.94. The number of aryl methyl sites for hydroxylation is 1. The van der Waals surface area contributed by atoms with Gasteiger partial charge in [-0.2, -0.15) is 13.2 Å². The van der Waals surface area contributed by atoms with Crippen LogP contribution >= 0.6 is 0 Å². The number of fused-ring (bicyclic) bond motifs is 1. The van der Waals surface area contributed by atoms with Gasteiger partial charge in [-0.1, -0.05) is 30.3 Å². The molecule has 0 bridgehead atoms. The number of aromatic nitrogens is 2. The van der Waals surface area contributed by atoms with Crippen LogP contribution in [0.25, 0.3) is 0 Å². The topological polar surface area (TPSA) is 111 Å². The highest BCUT2D eigenvalue weighted by atomic mass is 19.4. The lowest BCUT2D eigenvalue weighted by molar-refractivity contribution is -0.192. The summed E-state index contributed by atoms with van der Waals surface area (Å²) in [5.41, 5.74) is 10.1. The summed E-state index contributed by atoms with van der Waals surface area (Å²) in [6.07, 6.45) is -4.24. The molecular weight excluding hydrogens is 401 g/mol. The zero-order valence-electron chi connectivity index (χ0n) is 16.6. The third-order valence-corrected chi connectivity index (χ3v) is 4.52. The number of aliphatic carboxylic acids is 1. The molecule has 0 unspecified atom stereocenters. The molecule has 0 saturated carbocycles. The molecule has 1 heterocycles. The fraction of sp³-hybridized carbons (Fsp3) is 0.300. The molecule has 0 fully saturated rings. The highest BCUT2D eigenvalue weighted by molar-refractivity contribution is 6.26. The van der Waals surface area contributed by atoms with Gasteiger partial charge in [0.25, 0.3) is 0 Å². The van der Waals surface area contributed by atoms with Gasteiger partial charge in [0.05, 0.1) is 11.4 Å². The minimum Gasteiger partial charge on any atom is -0.475 e. The molecular formula is C20H21F3N4O3. The van der Waals surface area contributed by atoms with Gasteiger partial charge in [0, 0.05) is 19.2 Å². The Morgan fingerprint density at radius 3 is 2.33 bits per heavy atom. The van der Waals surface area contributed by atoms with Crippen LogP contribution in [0, 0.1) is 6.92 Å². The summed E-state index contributed by atoms with van der Waals surface area (Å²) in [5, 5.41) is 7.12. The number of carbonyl (C=O) groups is 2. The average Bonchev–Trinajstić information content (AvgIpc) is 2.98. The number of halogens is 3. The van der Waals surface area contributed by atoms with Gasteiger partial charge in [-0.3, -0.25) is 9.79 Å². The Bertz CT molecular complexity index is 1020. The van der Waals surface area contributed by atoms with Gasteiger partial charge in [0.1, 0.15) is 17.2 Å². The number of carbonyl (C=O) groups excluding carboxylic acids is 1. The van der Waals surface area contributed by atoms with Crippen LogP contribution in [0.15, 0.2) is 46.6 Å². The summed E-state index contributed by atoms with van der Waals surface area (Å²) < 4.78 is 33.5. The van der Waals surface area contributed by atoms with Crippen LogP contribution in [0.5, 0.6) is 0 Å². The maximum Gasteiger partial charge on any atom is 0.490 e. The number of alkyl halides is 3. The molecule has 1 aliphatic carbocycles. The first-order valence-electron chi connectivity index (χ1n) is 8.88. The monoisotopic (exact) mass is 422 g/mol. The van der Waals surface area contributed by atoms with E-state index in [1.54, 1.807) is 4.57 Å². The number of imidazole rings is 1. The largest absolute Gasteiger partial charge is 0.490 e. The smallest absolute Gasteiger partial charge is 0.475 e. The summed E-state index contributed by atoms with van der Waals surface area (Å²) in [5.74, 6) is -2.14. The van der Waals surface area contributed by atoms with E-state index < -0.39 is 12.1 Å². The zero-order valence-corrected chi connectivity index (χ0v) is 16.6. The Morgan fingerprint density at radius 1 is 1.23 bits per heavy atom. The van der Waals surface area contributed by atoms with Crippen molar-refractivity contribution in [1.29, 1.82) is 0 Å². The summed E-state index contributed by atoms with van der Waals surface area (Å²) in [6.45, 7) is 4.34. The van der Waals surface area contributed by atoms with Crippen molar-refractivity contribution in [2.75, 3.05) is 6.54 Å². The van der Waals surface area contributed by atoms with Crippen molar-refractivity contribution >= 4 is 17.5 Å². The van der Waals surface area contributed by atoms with Crippen molar-refractivity contribution in [2.24, 2.45) is 17.8 Å².